The molecule has 0 amide bonds. The van der Waals surface area contributed by atoms with E-state index in [1.54, 1.807) is 6.20 Å². The predicted molar refractivity (Wildman–Crippen MR) is 69.7 cm³/mol. The maximum Gasteiger partial charge on any atom is 0.128 e. The first-order valence-electron chi connectivity index (χ1n) is 5.93. The van der Waals surface area contributed by atoms with E-state index in [2.05, 4.69) is 21.3 Å². The number of nitrogens with zero attached hydrogens (tertiary/aromatic N) is 2. The number of halogens is 1. The summed E-state index contributed by atoms with van der Waals surface area (Å²) >= 11 is 6.10. The number of anilines is 1. The standard InChI is InChI=1S/C12H18ClN3O/c1-14-8-10-7-12(15-9-11(10)13)16-3-2-5-17-6-4-16/h7,9,14H,2-6,8H2,1H3. The third-order valence-corrected chi connectivity index (χ3v) is 3.17. The highest BCUT2D eigenvalue weighted by molar-refractivity contribution is 6.31. The Balaban J connectivity index is 2.16. The Hall–Kier alpha value is -0.840. The molecule has 0 unspecified atom stereocenters. The van der Waals surface area contributed by atoms with E-state index in [9.17, 15) is 0 Å². The number of aromatic nitrogens is 1. The first-order chi connectivity index (χ1) is 8.31. The average molecular weight is 256 g/mol. The Kier molecular flexibility index (Phi) is 4.59. The molecule has 5 heteroatoms. The number of rotatable bonds is 3. The molecule has 2 rings (SSSR count). The number of hydrogen-bond acceptors (Lipinski definition) is 4. The second-order valence-corrected chi connectivity index (χ2v) is 4.52. The zero-order valence-corrected chi connectivity index (χ0v) is 10.8. The van der Waals surface area contributed by atoms with Gasteiger partial charge in [-0.3, -0.25) is 0 Å². The van der Waals surface area contributed by atoms with Gasteiger partial charge >= 0.3 is 0 Å². The highest BCUT2D eigenvalue weighted by Crippen LogP contribution is 2.21. The lowest BCUT2D eigenvalue weighted by Gasteiger charge is -2.21. The van der Waals surface area contributed by atoms with Crippen molar-refractivity contribution in [3.8, 4) is 0 Å². The second kappa shape index (κ2) is 6.19. The van der Waals surface area contributed by atoms with Crippen molar-refractivity contribution < 1.29 is 4.74 Å². The largest absolute Gasteiger partial charge is 0.380 e. The van der Waals surface area contributed by atoms with E-state index in [-0.39, 0.29) is 0 Å². The number of ether oxygens (including phenoxy) is 1. The molecule has 0 aromatic carbocycles. The molecule has 1 fully saturated rings. The van der Waals surface area contributed by atoms with Gasteiger partial charge in [0, 0.05) is 32.4 Å². The summed E-state index contributed by atoms with van der Waals surface area (Å²) in [7, 11) is 1.91. The molecule has 0 radical (unpaired) electrons. The summed E-state index contributed by atoms with van der Waals surface area (Å²) in [6.07, 6.45) is 2.78. The van der Waals surface area contributed by atoms with E-state index < -0.39 is 0 Å². The summed E-state index contributed by atoms with van der Waals surface area (Å²) < 4.78 is 5.44. The van der Waals surface area contributed by atoms with Gasteiger partial charge in [-0.1, -0.05) is 11.6 Å². The molecule has 0 spiro atoms. The van der Waals surface area contributed by atoms with Gasteiger partial charge in [-0.05, 0) is 25.1 Å². The third kappa shape index (κ3) is 3.31. The van der Waals surface area contributed by atoms with Crippen LogP contribution in [0.3, 0.4) is 0 Å². The van der Waals surface area contributed by atoms with Gasteiger partial charge < -0.3 is 15.0 Å². The summed E-state index contributed by atoms with van der Waals surface area (Å²) in [5.74, 6) is 0.991. The molecule has 0 atom stereocenters. The molecule has 1 aromatic heterocycles. The minimum Gasteiger partial charge on any atom is -0.380 e. The Morgan fingerprint density at radius 2 is 2.35 bits per heavy atom. The molecule has 2 heterocycles. The first-order valence-corrected chi connectivity index (χ1v) is 6.31. The monoisotopic (exact) mass is 255 g/mol. The Morgan fingerprint density at radius 1 is 1.47 bits per heavy atom. The molecule has 17 heavy (non-hydrogen) atoms. The third-order valence-electron chi connectivity index (χ3n) is 2.83. The van der Waals surface area contributed by atoms with E-state index in [0.717, 1.165) is 50.7 Å². The molecular weight excluding hydrogens is 238 g/mol. The molecule has 1 aliphatic rings. The van der Waals surface area contributed by atoms with Crippen LogP contribution in [-0.2, 0) is 11.3 Å². The van der Waals surface area contributed by atoms with Crippen LogP contribution in [0, 0.1) is 0 Å². The topological polar surface area (TPSA) is 37.4 Å². The molecule has 1 aliphatic heterocycles. The fourth-order valence-corrected chi connectivity index (χ4v) is 2.11. The zero-order chi connectivity index (χ0) is 12.1. The van der Waals surface area contributed by atoms with Crippen LogP contribution in [0.4, 0.5) is 5.82 Å². The Labute approximate surface area is 107 Å². The van der Waals surface area contributed by atoms with Crippen LogP contribution < -0.4 is 10.2 Å². The molecule has 1 saturated heterocycles. The normalized spacial score (nSPS) is 16.9. The Bertz CT molecular complexity index is 365. The van der Waals surface area contributed by atoms with Crippen molar-refractivity contribution in [2.45, 2.75) is 13.0 Å². The van der Waals surface area contributed by atoms with Gasteiger partial charge in [0.25, 0.3) is 0 Å². The van der Waals surface area contributed by atoms with Crippen molar-refractivity contribution in [1.29, 1.82) is 0 Å². The van der Waals surface area contributed by atoms with Gasteiger partial charge in [-0.15, -0.1) is 0 Å². The summed E-state index contributed by atoms with van der Waals surface area (Å²) in [5, 5.41) is 3.83. The van der Waals surface area contributed by atoms with Crippen molar-refractivity contribution >= 4 is 17.4 Å². The van der Waals surface area contributed by atoms with E-state index in [1.807, 2.05) is 7.05 Å². The van der Waals surface area contributed by atoms with Crippen LogP contribution in [0.5, 0.6) is 0 Å². The van der Waals surface area contributed by atoms with E-state index in [4.69, 9.17) is 16.3 Å². The smallest absolute Gasteiger partial charge is 0.128 e. The van der Waals surface area contributed by atoms with Crippen LogP contribution in [-0.4, -0.2) is 38.3 Å². The minimum atomic E-state index is 0.717. The molecule has 1 aromatic rings. The number of pyridine rings is 1. The average Bonchev–Trinajstić information content (AvgIpc) is 2.61. The van der Waals surface area contributed by atoms with Gasteiger partial charge in [0.05, 0.1) is 11.6 Å². The van der Waals surface area contributed by atoms with Gasteiger partial charge in [-0.25, -0.2) is 4.98 Å². The lowest BCUT2D eigenvalue weighted by Crippen LogP contribution is -2.27. The molecule has 0 saturated carbocycles. The number of nitrogens with one attached hydrogen (secondary N) is 1. The zero-order valence-electron chi connectivity index (χ0n) is 10.1. The second-order valence-electron chi connectivity index (χ2n) is 4.12. The van der Waals surface area contributed by atoms with Crippen LogP contribution in [0.15, 0.2) is 12.3 Å². The SMILES string of the molecule is CNCc1cc(N2CCCOCC2)ncc1Cl. The van der Waals surface area contributed by atoms with Crippen LogP contribution in [0.25, 0.3) is 0 Å². The fraction of sp³-hybridized carbons (Fsp3) is 0.583. The van der Waals surface area contributed by atoms with Crippen molar-refractivity contribution in [3.63, 3.8) is 0 Å². The van der Waals surface area contributed by atoms with Crippen molar-refractivity contribution in [1.82, 2.24) is 10.3 Å². The molecule has 4 nitrogen and oxygen atoms in total. The first kappa shape index (κ1) is 12.6. The van der Waals surface area contributed by atoms with Gasteiger partial charge in [0.2, 0.25) is 0 Å². The van der Waals surface area contributed by atoms with E-state index >= 15 is 0 Å². The summed E-state index contributed by atoms with van der Waals surface area (Å²) in [6.45, 7) is 4.26. The van der Waals surface area contributed by atoms with E-state index in [1.165, 1.54) is 0 Å². The van der Waals surface area contributed by atoms with Gasteiger partial charge in [-0.2, -0.15) is 0 Å². The molecule has 94 valence electrons. The van der Waals surface area contributed by atoms with Crippen LogP contribution in [0.2, 0.25) is 5.02 Å². The highest BCUT2D eigenvalue weighted by Gasteiger charge is 2.12. The van der Waals surface area contributed by atoms with Crippen LogP contribution in [0.1, 0.15) is 12.0 Å². The van der Waals surface area contributed by atoms with Crippen molar-refractivity contribution in [2.75, 3.05) is 38.3 Å². The van der Waals surface area contributed by atoms with Crippen LogP contribution >= 0.6 is 11.6 Å². The maximum atomic E-state index is 6.10. The molecular formula is C12H18ClN3O. The molecule has 0 bridgehead atoms. The minimum absolute atomic E-state index is 0.717. The summed E-state index contributed by atoms with van der Waals surface area (Å²) in [6, 6.07) is 2.06. The van der Waals surface area contributed by atoms with Crippen molar-refractivity contribution in [3.05, 3.63) is 22.8 Å². The number of hydrogen-bond donors (Lipinski definition) is 1. The predicted octanol–water partition coefficient (Wildman–Crippen LogP) is 1.68. The molecule has 1 N–H and O–H groups in total. The van der Waals surface area contributed by atoms with E-state index in [0.29, 0.717) is 5.02 Å². The lowest BCUT2D eigenvalue weighted by atomic mass is 10.2. The fourth-order valence-electron chi connectivity index (χ4n) is 1.94. The highest BCUT2D eigenvalue weighted by atomic mass is 35.5. The molecule has 0 aliphatic carbocycles. The lowest BCUT2D eigenvalue weighted by molar-refractivity contribution is 0.152. The van der Waals surface area contributed by atoms with Gasteiger partial charge in [0.15, 0.2) is 0 Å². The summed E-state index contributed by atoms with van der Waals surface area (Å²) in [5.41, 5.74) is 1.09. The Morgan fingerprint density at radius 3 is 3.18 bits per heavy atom. The quantitative estimate of drug-likeness (QED) is 0.892. The summed E-state index contributed by atoms with van der Waals surface area (Å²) in [4.78, 5) is 6.65. The van der Waals surface area contributed by atoms with Gasteiger partial charge in [0.1, 0.15) is 5.82 Å². The maximum absolute atomic E-state index is 6.10. The van der Waals surface area contributed by atoms with Crippen molar-refractivity contribution in [2.24, 2.45) is 0 Å².